The molecule has 2 heterocycles. The quantitative estimate of drug-likeness (QED) is 0.0523. The van der Waals surface area contributed by atoms with Crippen LogP contribution in [0.4, 0.5) is 22.0 Å². The molecule has 306 valence electrons. The maximum atomic E-state index is 13.7. The molecule has 2 aromatic carbocycles. The van der Waals surface area contributed by atoms with Gasteiger partial charge in [0.25, 0.3) is 0 Å². The lowest BCUT2D eigenvalue weighted by atomic mass is 8.68. The third-order valence-corrected chi connectivity index (χ3v) is 8.24. The van der Waals surface area contributed by atoms with E-state index in [9.17, 15) is 40.5 Å². The number of carbonyl (C=O) groups is 3. The Morgan fingerprint density at radius 1 is 0.900 bits per heavy atom. The van der Waals surface area contributed by atoms with Crippen molar-refractivity contribution in [3.63, 3.8) is 0 Å². The number of hydrogen-bond donors (Lipinski definition) is 2. The summed E-state index contributed by atoms with van der Waals surface area (Å²) in [6, 6.07) is 10.2. The molecule has 0 saturated carbocycles. The van der Waals surface area contributed by atoms with Crippen LogP contribution < -0.4 is 4.74 Å². The molecule has 11 nitrogen and oxygen atoms in total. The van der Waals surface area contributed by atoms with Crippen LogP contribution in [-0.4, -0.2) is 124 Å². The number of pyridine rings is 2. The summed E-state index contributed by atoms with van der Waals surface area (Å²) in [5, 5.41) is 8.74. The fourth-order valence-electron chi connectivity index (χ4n) is 3.12. The van der Waals surface area contributed by atoms with Gasteiger partial charge < -0.3 is 23.9 Å². The molecular formula is C31H26B8Br2ClF5N2O9S2. The second-order valence-corrected chi connectivity index (χ2v) is 14.3. The number of phenols is 1. The number of nitrogens with zero attached hydrogens (tertiary/aromatic N) is 2. The number of esters is 2. The van der Waals surface area contributed by atoms with Crippen molar-refractivity contribution in [3.05, 3.63) is 109 Å². The van der Waals surface area contributed by atoms with Crippen LogP contribution in [-0.2, 0) is 24.1 Å². The molecule has 0 aliphatic carbocycles. The molecule has 2 N–H and O–H groups in total. The van der Waals surface area contributed by atoms with E-state index in [1.54, 1.807) is 26.0 Å². The number of hydrogen-bond acceptors (Lipinski definition) is 11. The average Bonchev–Trinajstić information content (AvgIpc) is 3.19. The molecule has 0 fully saturated rings. The van der Waals surface area contributed by atoms with Gasteiger partial charge in [-0.05, 0) is 74.6 Å². The first-order chi connectivity index (χ1) is 28.5. The summed E-state index contributed by atoms with van der Waals surface area (Å²) >= 11 is 15.3. The minimum atomic E-state index is -3.52. The number of aromatic nitrogens is 2. The van der Waals surface area contributed by atoms with Crippen molar-refractivity contribution in [2.45, 2.75) is 13.8 Å². The van der Waals surface area contributed by atoms with E-state index in [4.69, 9.17) is 75.5 Å². The third kappa shape index (κ3) is 22.9. The van der Waals surface area contributed by atoms with Crippen molar-refractivity contribution in [3.8, 4) is 17.4 Å². The Morgan fingerprint density at radius 2 is 1.30 bits per heavy atom. The van der Waals surface area contributed by atoms with Gasteiger partial charge in [-0.15, -0.1) is 0 Å². The zero-order valence-electron chi connectivity index (χ0n) is 32.1. The average molecular weight is 1010 g/mol. The van der Waals surface area contributed by atoms with E-state index < -0.39 is 82.8 Å². The first kappa shape index (κ1) is 56.5. The Bertz CT molecular complexity index is 2130. The Labute approximate surface area is 379 Å². The van der Waals surface area contributed by atoms with Gasteiger partial charge in [-0.1, -0.05) is 43.5 Å². The van der Waals surface area contributed by atoms with Crippen molar-refractivity contribution in [2.75, 3.05) is 20.4 Å². The summed E-state index contributed by atoms with van der Waals surface area (Å²) in [5.41, 5.74) is 0.155. The lowest BCUT2D eigenvalue weighted by molar-refractivity contribution is 0.0514. The minimum Gasteiger partial charge on any atom is -0.503 e. The van der Waals surface area contributed by atoms with E-state index in [0.29, 0.717) is 12.2 Å². The maximum Gasteiger partial charge on any atom is 0.343 e. The Hall–Kier alpha value is -3.52. The molecule has 0 bridgehead atoms. The molecule has 1 unspecified atom stereocenters. The fourth-order valence-corrected chi connectivity index (χ4v) is 4.28. The van der Waals surface area contributed by atoms with E-state index in [0.717, 1.165) is 24.3 Å². The van der Waals surface area contributed by atoms with Gasteiger partial charge in [0, 0.05) is 83.5 Å². The largest absolute Gasteiger partial charge is 0.503 e. The minimum absolute atomic E-state index is 0.0129. The second kappa shape index (κ2) is 31.3. The summed E-state index contributed by atoms with van der Waals surface area (Å²) in [6.07, 6.45) is 1.08. The summed E-state index contributed by atoms with van der Waals surface area (Å²) < 4.78 is 102. The molecule has 0 aliphatic heterocycles. The standard InChI is InChI=1S/C14H10BrF2NO3.C8H8ClNO2.C6H3BrF2O.C2H2O3S2.CH3F.B8/c1-2-20-14(19)9-4-3-5-18-13(9)21-12-10(16)6-8(15)7-11(12)17;1-2-12-8(11)6-4-3-5-10-7(6)9;7-3-1-4(8)6(10)5(9)2-3;3-1-7(4,5)2-6;1-2;1-6(2)8(5)7(3)4/h3-7H,2H2,1H3;3-5H,2H2,1H3;1-2,10H;1H,(H,4,5);1H3;/i;;;;1D;. The molecule has 4 rings (SSSR count). The number of benzene rings is 2. The van der Waals surface area contributed by atoms with Gasteiger partial charge in [0.15, 0.2) is 38.8 Å². The molecule has 29 heteroatoms. The van der Waals surface area contributed by atoms with Gasteiger partial charge in [-0.3, -0.25) is 9.18 Å². The first-order valence-corrected chi connectivity index (χ1v) is 19.7. The number of ether oxygens (including phenoxy) is 3. The monoisotopic (exact) mass is 1010 g/mol. The van der Waals surface area contributed by atoms with E-state index in [2.05, 4.69) is 54.0 Å². The van der Waals surface area contributed by atoms with E-state index >= 15 is 0 Å². The lowest BCUT2D eigenvalue weighted by Crippen LogP contribution is -2.52. The summed E-state index contributed by atoms with van der Waals surface area (Å²) in [6.45, 7) is 3.88. The van der Waals surface area contributed by atoms with Gasteiger partial charge in [0.1, 0.15) is 10.7 Å². The number of carbonyl (C=O) groups excluding carboxylic acids is 3. The van der Waals surface area contributed by atoms with Gasteiger partial charge in [-0.2, -0.15) is 0 Å². The highest BCUT2D eigenvalue weighted by molar-refractivity contribution is 9.10. The molecule has 60 heavy (non-hydrogen) atoms. The topological polar surface area (TPSA) is 162 Å². The normalized spacial score (nSPS) is 10.5. The lowest BCUT2D eigenvalue weighted by Gasteiger charge is -2.13. The highest BCUT2D eigenvalue weighted by Gasteiger charge is 2.20. The van der Waals surface area contributed by atoms with Crippen molar-refractivity contribution in [1.29, 1.82) is 0 Å². The number of alkyl halides is 1. The fraction of sp³-hybridized carbons (Fsp3) is 0.161. The predicted octanol–water partition coefficient (Wildman–Crippen LogP) is 5.74. The zero-order chi connectivity index (χ0) is 47.5. The number of phenolic OH excluding ortho intramolecular Hbond substituents is 1. The molecule has 0 amide bonds. The Kier molecular flexibility index (Phi) is 29.5. The summed E-state index contributed by atoms with van der Waals surface area (Å²) in [5.74, 6) is -6.68. The second-order valence-electron chi connectivity index (χ2n) is 10.1. The van der Waals surface area contributed by atoms with Crippen LogP contribution in [0.15, 0.2) is 69.9 Å². The summed E-state index contributed by atoms with van der Waals surface area (Å²) in [7, 11) is 21.3. The highest BCUT2D eigenvalue weighted by atomic mass is 79.9. The van der Waals surface area contributed by atoms with E-state index in [-0.39, 0.29) is 37.8 Å². The predicted molar refractivity (Wildman–Crippen MR) is 238 cm³/mol. The molecular weight excluding hydrogens is 985 g/mol. The van der Waals surface area contributed by atoms with Crippen LogP contribution in [0.5, 0.6) is 17.4 Å². The van der Waals surface area contributed by atoms with Gasteiger partial charge in [0.2, 0.25) is 17.2 Å². The van der Waals surface area contributed by atoms with Gasteiger partial charge in [-0.25, -0.2) is 41.3 Å². The van der Waals surface area contributed by atoms with Gasteiger partial charge >= 0.3 is 11.9 Å². The third-order valence-electron chi connectivity index (χ3n) is 5.80. The number of halogens is 8. The number of rotatable bonds is 9. The number of aromatic hydroxyl groups is 1. The maximum absolute atomic E-state index is 13.7. The Balaban J connectivity index is 0. The molecule has 0 saturated heterocycles. The molecule has 0 spiro atoms. The van der Waals surface area contributed by atoms with Crippen molar-refractivity contribution >= 4 is 145 Å². The summed E-state index contributed by atoms with van der Waals surface area (Å²) in [4.78, 5) is 39.8. The van der Waals surface area contributed by atoms with Gasteiger partial charge in [0.05, 0.1) is 27.3 Å². The van der Waals surface area contributed by atoms with Crippen molar-refractivity contribution in [2.24, 2.45) is 0 Å². The van der Waals surface area contributed by atoms with Crippen LogP contribution in [0.2, 0.25) is 5.15 Å². The van der Waals surface area contributed by atoms with Crippen LogP contribution in [0, 0.1) is 23.3 Å². The van der Waals surface area contributed by atoms with Crippen LogP contribution in [0.25, 0.3) is 0 Å². The van der Waals surface area contributed by atoms with Crippen LogP contribution in [0.1, 0.15) is 35.9 Å². The van der Waals surface area contributed by atoms with E-state index in [1.165, 1.54) is 28.8 Å². The first-order valence-electron chi connectivity index (χ1n) is 16.5. The van der Waals surface area contributed by atoms with Crippen molar-refractivity contribution in [1.82, 2.24) is 9.97 Å². The highest BCUT2D eigenvalue weighted by Crippen LogP contribution is 2.31. The van der Waals surface area contributed by atoms with E-state index in [1.807, 2.05) is 0 Å². The molecule has 4 aromatic rings. The number of thiocarbonyl (C=S) groups is 1. The SMILES string of the molecule is CCOC(=O)c1cccnc1Cl.CCOC(=O)c1cccnc1Oc1c(F)cc(Br)cc1F.O=CS(=O)(O)=C=S.Oc1c(F)cc(Br)cc1F.[2H]CF.[B]B([B])B([B])B([B])[B]. The van der Waals surface area contributed by atoms with Crippen LogP contribution in [0.3, 0.4) is 0 Å². The molecule has 10 radical (unpaired) electrons. The molecule has 2 aromatic heterocycles. The van der Waals surface area contributed by atoms with Crippen molar-refractivity contribution < 1.29 is 65.8 Å². The van der Waals surface area contributed by atoms with Crippen LogP contribution >= 0.6 is 55.7 Å². The Morgan fingerprint density at radius 3 is 1.65 bits per heavy atom. The molecule has 0 aliphatic rings. The molecule has 1 atom stereocenters. The smallest absolute Gasteiger partial charge is 0.343 e. The zero-order valence-corrected chi connectivity index (χ0v) is 36.6.